The van der Waals surface area contributed by atoms with Crippen LogP contribution in [0.1, 0.15) is 30.9 Å². The van der Waals surface area contributed by atoms with Gasteiger partial charge in [-0.1, -0.05) is 0 Å². The quantitative estimate of drug-likeness (QED) is 0.563. The highest BCUT2D eigenvalue weighted by molar-refractivity contribution is 5.76. The van der Waals surface area contributed by atoms with Gasteiger partial charge in [0, 0.05) is 19.4 Å². The summed E-state index contributed by atoms with van der Waals surface area (Å²) in [5.74, 6) is -2.69. The summed E-state index contributed by atoms with van der Waals surface area (Å²) in [4.78, 5) is 5.46. The van der Waals surface area contributed by atoms with Crippen LogP contribution in [0.2, 0.25) is 0 Å². The molecule has 1 aliphatic rings. The minimum atomic E-state index is -4.59. The lowest BCUT2D eigenvalue weighted by atomic mass is 9.85. The molecule has 0 saturated carbocycles. The van der Waals surface area contributed by atoms with Crippen LogP contribution in [0.15, 0.2) is 36.7 Å². The number of hydrogen-bond acceptors (Lipinski definition) is 4. The lowest BCUT2D eigenvalue weighted by molar-refractivity contribution is -0.144. The van der Waals surface area contributed by atoms with Crippen molar-refractivity contribution >= 4 is 11.4 Å². The Bertz CT molecular complexity index is 776. The van der Waals surface area contributed by atoms with E-state index in [-0.39, 0.29) is 35.7 Å². The van der Waals surface area contributed by atoms with E-state index >= 15 is 0 Å². The molecule has 0 spiro atoms. The number of nitrogens with zero attached hydrogens (tertiary/aromatic N) is 2. The van der Waals surface area contributed by atoms with Gasteiger partial charge in [-0.25, -0.2) is 4.39 Å². The first-order chi connectivity index (χ1) is 12.4. The highest BCUT2D eigenvalue weighted by atomic mass is 19.4. The van der Waals surface area contributed by atoms with E-state index in [1.165, 1.54) is 29.4 Å². The second kappa shape index (κ2) is 7.20. The molecule has 26 heavy (non-hydrogen) atoms. The van der Waals surface area contributed by atoms with Crippen molar-refractivity contribution in [3.8, 4) is 0 Å². The van der Waals surface area contributed by atoms with Crippen molar-refractivity contribution in [3.63, 3.8) is 0 Å². The average molecular weight is 370 g/mol. The number of anilines is 2. The number of fused-ring (bicyclic) bond motifs is 2. The first-order valence-electron chi connectivity index (χ1n) is 8.21. The summed E-state index contributed by atoms with van der Waals surface area (Å²) in [6, 6.07) is 4.64. The number of hydrogen-bond donors (Lipinski definition) is 0. The standard InChI is InChI=1S/C18H18F4N2O2/c1-3-25-17(26-4-2)24-14-6-5-11(19)9-13(14)16(18(20,21)22)12-7-8-23-10-15(12)24/h5-10,16-17H,3-4H2,1-2H3. The Kier molecular flexibility index (Phi) is 5.15. The molecule has 2 heterocycles. The number of pyridine rings is 1. The van der Waals surface area contributed by atoms with E-state index in [4.69, 9.17) is 9.47 Å². The number of halogens is 4. The first-order valence-corrected chi connectivity index (χ1v) is 8.21. The second-order valence-electron chi connectivity index (χ2n) is 5.70. The van der Waals surface area contributed by atoms with Gasteiger partial charge in [0.2, 0.25) is 6.41 Å². The molecule has 4 nitrogen and oxygen atoms in total. The molecule has 1 aliphatic heterocycles. The van der Waals surface area contributed by atoms with Gasteiger partial charge >= 0.3 is 6.18 Å². The van der Waals surface area contributed by atoms with Crippen LogP contribution < -0.4 is 4.90 Å². The number of ether oxygens (including phenoxy) is 2. The van der Waals surface area contributed by atoms with Gasteiger partial charge in [0.1, 0.15) is 11.7 Å². The average Bonchev–Trinajstić information content (AvgIpc) is 2.58. The predicted octanol–water partition coefficient (Wildman–Crippen LogP) is 4.72. The van der Waals surface area contributed by atoms with Gasteiger partial charge < -0.3 is 9.47 Å². The monoisotopic (exact) mass is 370 g/mol. The van der Waals surface area contributed by atoms with Crippen molar-refractivity contribution in [1.82, 2.24) is 4.98 Å². The highest BCUT2D eigenvalue weighted by Crippen LogP contribution is 2.52. The maximum atomic E-state index is 13.8. The van der Waals surface area contributed by atoms with Crippen molar-refractivity contribution in [2.45, 2.75) is 32.4 Å². The van der Waals surface area contributed by atoms with Gasteiger partial charge in [-0.05, 0) is 49.2 Å². The van der Waals surface area contributed by atoms with E-state index in [1.807, 2.05) is 0 Å². The fourth-order valence-electron chi connectivity index (χ4n) is 3.18. The SMILES string of the molecule is CCOC(OCC)N1c2ccc(F)cc2C(C(F)(F)F)c2ccncc21. The molecular weight excluding hydrogens is 352 g/mol. The van der Waals surface area contributed by atoms with E-state index in [9.17, 15) is 17.6 Å². The molecular formula is C18H18F4N2O2. The topological polar surface area (TPSA) is 34.6 Å². The first kappa shape index (κ1) is 18.6. The van der Waals surface area contributed by atoms with Gasteiger partial charge in [-0.15, -0.1) is 0 Å². The summed E-state index contributed by atoms with van der Waals surface area (Å²) in [7, 11) is 0. The van der Waals surface area contributed by atoms with Crippen molar-refractivity contribution in [2.24, 2.45) is 0 Å². The van der Waals surface area contributed by atoms with E-state index in [0.717, 1.165) is 12.1 Å². The van der Waals surface area contributed by atoms with Crippen LogP contribution in [-0.4, -0.2) is 30.8 Å². The van der Waals surface area contributed by atoms with E-state index in [0.29, 0.717) is 0 Å². The Hall–Kier alpha value is -2.19. The lowest BCUT2D eigenvalue weighted by Crippen LogP contribution is -2.41. The zero-order chi connectivity index (χ0) is 18.9. The normalized spacial score (nSPS) is 16.6. The highest BCUT2D eigenvalue weighted by Gasteiger charge is 2.48. The van der Waals surface area contributed by atoms with Gasteiger partial charge in [0.25, 0.3) is 0 Å². The maximum absolute atomic E-state index is 13.8. The van der Waals surface area contributed by atoms with Crippen LogP contribution in [0.4, 0.5) is 28.9 Å². The summed E-state index contributed by atoms with van der Waals surface area (Å²) in [5, 5.41) is 0. The minimum Gasteiger partial charge on any atom is -0.335 e. The summed E-state index contributed by atoms with van der Waals surface area (Å²) in [6.07, 6.45) is -2.91. The van der Waals surface area contributed by atoms with Crippen LogP contribution in [-0.2, 0) is 9.47 Å². The van der Waals surface area contributed by atoms with Crippen molar-refractivity contribution in [2.75, 3.05) is 18.1 Å². The van der Waals surface area contributed by atoms with Crippen molar-refractivity contribution in [1.29, 1.82) is 0 Å². The van der Waals surface area contributed by atoms with Crippen LogP contribution >= 0.6 is 0 Å². The molecule has 1 atom stereocenters. The number of aromatic nitrogens is 1. The van der Waals surface area contributed by atoms with E-state index in [2.05, 4.69) is 4.98 Å². The third-order valence-electron chi connectivity index (χ3n) is 4.12. The van der Waals surface area contributed by atoms with Crippen LogP contribution in [0.5, 0.6) is 0 Å². The summed E-state index contributed by atoms with van der Waals surface area (Å²) < 4.78 is 66.5. The zero-order valence-corrected chi connectivity index (χ0v) is 14.3. The molecule has 8 heteroatoms. The van der Waals surface area contributed by atoms with E-state index in [1.54, 1.807) is 13.8 Å². The summed E-state index contributed by atoms with van der Waals surface area (Å²) >= 11 is 0. The molecule has 1 aromatic carbocycles. The Balaban J connectivity index is 2.25. The molecule has 0 saturated heterocycles. The Morgan fingerprint density at radius 2 is 1.77 bits per heavy atom. The molecule has 2 aromatic rings. The van der Waals surface area contributed by atoms with Crippen molar-refractivity contribution < 1.29 is 27.0 Å². The fourth-order valence-corrected chi connectivity index (χ4v) is 3.18. The van der Waals surface area contributed by atoms with Crippen LogP contribution in [0.25, 0.3) is 0 Å². The number of alkyl halides is 3. The molecule has 0 amide bonds. The largest absolute Gasteiger partial charge is 0.399 e. The van der Waals surface area contributed by atoms with Gasteiger partial charge in [-0.2, -0.15) is 13.2 Å². The predicted molar refractivity (Wildman–Crippen MR) is 87.7 cm³/mol. The third kappa shape index (κ3) is 3.26. The Morgan fingerprint density at radius 1 is 1.08 bits per heavy atom. The fraction of sp³-hybridized carbons (Fsp3) is 0.389. The lowest BCUT2D eigenvalue weighted by Gasteiger charge is -2.41. The Labute approximate surface area is 148 Å². The number of benzene rings is 1. The minimum absolute atomic E-state index is 0.0185. The smallest absolute Gasteiger partial charge is 0.335 e. The molecule has 0 bridgehead atoms. The summed E-state index contributed by atoms with van der Waals surface area (Å²) in [5.41, 5.74) is 0.206. The maximum Gasteiger partial charge on any atom is 0.399 e. The van der Waals surface area contributed by atoms with Gasteiger partial charge in [0.05, 0.1) is 17.6 Å². The van der Waals surface area contributed by atoms with Crippen LogP contribution in [0, 0.1) is 5.82 Å². The molecule has 140 valence electrons. The molecule has 1 aromatic heterocycles. The molecule has 0 fully saturated rings. The van der Waals surface area contributed by atoms with Gasteiger partial charge in [0.15, 0.2) is 0 Å². The molecule has 3 rings (SSSR count). The van der Waals surface area contributed by atoms with Crippen molar-refractivity contribution in [3.05, 3.63) is 53.6 Å². The zero-order valence-electron chi connectivity index (χ0n) is 14.3. The Morgan fingerprint density at radius 3 is 2.38 bits per heavy atom. The van der Waals surface area contributed by atoms with Crippen LogP contribution in [0.3, 0.4) is 0 Å². The molecule has 1 unspecified atom stereocenters. The number of rotatable bonds is 5. The van der Waals surface area contributed by atoms with E-state index < -0.39 is 24.3 Å². The second-order valence-corrected chi connectivity index (χ2v) is 5.70. The third-order valence-corrected chi connectivity index (χ3v) is 4.12. The summed E-state index contributed by atoms with van der Waals surface area (Å²) in [6.45, 7) is 4.08. The molecule has 0 aliphatic carbocycles. The molecule has 0 radical (unpaired) electrons. The molecule has 0 N–H and O–H groups in total. The van der Waals surface area contributed by atoms with Gasteiger partial charge in [-0.3, -0.25) is 9.88 Å².